The molecule has 1 aliphatic heterocycles. The second-order valence-electron chi connectivity index (χ2n) is 6.19. The first-order chi connectivity index (χ1) is 12.5. The zero-order valence-corrected chi connectivity index (χ0v) is 16.1. The summed E-state index contributed by atoms with van der Waals surface area (Å²) < 4.78 is 27.2. The number of β-amino-alcohol motifs (C(OH)–C–C–N with tert-alkyl or cyclic N) is 1. The molecule has 2 aromatic rings. The van der Waals surface area contributed by atoms with Crippen molar-refractivity contribution in [1.29, 1.82) is 0 Å². The van der Waals surface area contributed by atoms with Crippen LogP contribution in [0.25, 0.3) is 0 Å². The maximum atomic E-state index is 12.4. The summed E-state index contributed by atoms with van der Waals surface area (Å²) in [6.07, 6.45) is -0.466. The lowest BCUT2D eigenvalue weighted by Crippen LogP contribution is -2.34. The molecule has 2 unspecified atom stereocenters. The summed E-state index contributed by atoms with van der Waals surface area (Å²) in [6, 6.07) is 14.3. The van der Waals surface area contributed by atoms with Crippen LogP contribution in [0.5, 0.6) is 0 Å². The van der Waals surface area contributed by atoms with Crippen LogP contribution in [0.4, 0.5) is 5.69 Å². The van der Waals surface area contributed by atoms with Crippen molar-refractivity contribution in [3.8, 4) is 0 Å². The van der Waals surface area contributed by atoms with Crippen molar-refractivity contribution in [2.24, 2.45) is 5.92 Å². The molecule has 3 rings (SSSR count). The van der Waals surface area contributed by atoms with Crippen LogP contribution < -0.4 is 15.4 Å². The Kier molecular flexibility index (Phi) is 7.20. The molecule has 1 fully saturated rings. The van der Waals surface area contributed by atoms with E-state index in [-0.39, 0.29) is 29.1 Å². The molecule has 146 valence electrons. The molecule has 1 heterocycles. The summed E-state index contributed by atoms with van der Waals surface area (Å²) in [6.45, 7) is 1.55. The lowest BCUT2D eigenvalue weighted by atomic mass is 10.1. The fraction of sp³-hybridized carbons (Fsp3) is 0.278. The summed E-state index contributed by atoms with van der Waals surface area (Å²) in [7, 11) is -3.71. The Balaban J connectivity index is 0.00000261. The fourth-order valence-electron chi connectivity index (χ4n) is 2.76. The third-order valence-electron chi connectivity index (χ3n) is 4.28. The van der Waals surface area contributed by atoms with Crippen LogP contribution in [0.1, 0.15) is 10.4 Å². The molecule has 1 amide bonds. The number of aliphatic hydroxyl groups is 1. The number of para-hydroxylation sites is 1. The van der Waals surface area contributed by atoms with Gasteiger partial charge in [-0.2, -0.15) is 0 Å². The highest BCUT2D eigenvalue weighted by Gasteiger charge is 2.25. The number of benzene rings is 2. The van der Waals surface area contributed by atoms with Crippen LogP contribution in [-0.2, 0) is 10.0 Å². The largest absolute Gasteiger partial charge is 0.391 e. The molecule has 0 aromatic heterocycles. The molecule has 4 N–H and O–H groups in total. The van der Waals surface area contributed by atoms with Crippen molar-refractivity contribution in [2.75, 3.05) is 24.4 Å². The summed E-state index contributed by atoms with van der Waals surface area (Å²) >= 11 is 0. The molecule has 9 heteroatoms. The van der Waals surface area contributed by atoms with Gasteiger partial charge in [0.15, 0.2) is 0 Å². The van der Waals surface area contributed by atoms with E-state index >= 15 is 0 Å². The van der Waals surface area contributed by atoms with Crippen molar-refractivity contribution in [3.63, 3.8) is 0 Å². The first kappa shape index (κ1) is 21.2. The van der Waals surface area contributed by atoms with E-state index in [1.807, 2.05) is 0 Å². The minimum Gasteiger partial charge on any atom is -0.391 e. The number of carbonyl (C=O) groups excluding carboxylic acids is 1. The maximum Gasteiger partial charge on any atom is 0.261 e. The van der Waals surface area contributed by atoms with E-state index in [2.05, 4.69) is 15.4 Å². The van der Waals surface area contributed by atoms with Gasteiger partial charge < -0.3 is 15.7 Å². The number of hydrogen-bond acceptors (Lipinski definition) is 5. The first-order valence-electron chi connectivity index (χ1n) is 8.30. The van der Waals surface area contributed by atoms with Gasteiger partial charge in [0.05, 0.1) is 11.0 Å². The Morgan fingerprint density at radius 1 is 1.07 bits per heavy atom. The minimum absolute atomic E-state index is 0. The zero-order chi connectivity index (χ0) is 18.6. The van der Waals surface area contributed by atoms with E-state index in [9.17, 15) is 18.3 Å². The highest BCUT2D eigenvalue weighted by atomic mass is 35.5. The third kappa shape index (κ3) is 5.43. The molecule has 0 radical (unpaired) electrons. The highest BCUT2D eigenvalue weighted by molar-refractivity contribution is 7.92. The second kappa shape index (κ2) is 9.18. The molecule has 1 saturated heterocycles. The van der Waals surface area contributed by atoms with Gasteiger partial charge in [0.25, 0.3) is 15.9 Å². The van der Waals surface area contributed by atoms with Gasteiger partial charge >= 0.3 is 0 Å². The van der Waals surface area contributed by atoms with Crippen LogP contribution in [0.15, 0.2) is 59.5 Å². The van der Waals surface area contributed by atoms with E-state index in [4.69, 9.17) is 0 Å². The van der Waals surface area contributed by atoms with Crippen molar-refractivity contribution < 1.29 is 18.3 Å². The van der Waals surface area contributed by atoms with Gasteiger partial charge in [-0.3, -0.25) is 9.52 Å². The van der Waals surface area contributed by atoms with Crippen LogP contribution in [0.2, 0.25) is 0 Å². The molecule has 0 spiro atoms. The number of sulfonamides is 1. The molecule has 2 aromatic carbocycles. The number of aliphatic hydroxyl groups excluding tert-OH is 1. The smallest absolute Gasteiger partial charge is 0.261 e. The Morgan fingerprint density at radius 3 is 2.33 bits per heavy atom. The summed E-state index contributed by atoms with van der Waals surface area (Å²) in [5.41, 5.74) is 0.835. The number of anilines is 1. The Bertz CT molecular complexity index is 860. The monoisotopic (exact) mass is 411 g/mol. The Hall–Kier alpha value is -2.13. The van der Waals surface area contributed by atoms with Gasteiger partial charge in [0.2, 0.25) is 0 Å². The number of hydrogen-bond donors (Lipinski definition) is 4. The Labute approximate surface area is 164 Å². The predicted molar refractivity (Wildman–Crippen MR) is 106 cm³/mol. The summed E-state index contributed by atoms with van der Waals surface area (Å²) in [5.74, 6) is -0.322. The van der Waals surface area contributed by atoms with E-state index in [0.717, 1.165) is 0 Å². The van der Waals surface area contributed by atoms with Crippen LogP contribution >= 0.6 is 12.4 Å². The molecule has 2 atom stereocenters. The molecule has 7 nitrogen and oxygen atoms in total. The third-order valence-corrected chi connectivity index (χ3v) is 5.68. The number of rotatable bonds is 6. The number of carbonyl (C=O) groups is 1. The maximum absolute atomic E-state index is 12.4. The molecule has 0 bridgehead atoms. The van der Waals surface area contributed by atoms with E-state index in [0.29, 0.717) is 30.9 Å². The normalized spacial score (nSPS) is 19.1. The van der Waals surface area contributed by atoms with Crippen molar-refractivity contribution >= 4 is 34.0 Å². The van der Waals surface area contributed by atoms with Gasteiger partial charge in [-0.15, -0.1) is 12.4 Å². The SMILES string of the molecule is Cl.O=C(NCC1CNCC1O)c1ccc(S(=O)(=O)Nc2ccccc2)cc1. The van der Waals surface area contributed by atoms with E-state index in [1.54, 1.807) is 30.3 Å². The molecule has 0 saturated carbocycles. The molecule has 0 aliphatic carbocycles. The molecule has 1 aliphatic rings. The predicted octanol–water partition coefficient (Wildman–Crippen LogP) is 1.22. The second-order valence-corrected chi connectivity index (χ2v) is 7.87. The van der Waals surface area contributed by atoms with E-state index in [1.165, 1.54) is 24.3 Å². The average molecular weight is 412 g/mol. The van der Waals surface area contributed by atoms with Gasteiger partial charge in [-0.25, -0.2) is 8.42 Å². The lowest BCUT2D eigenvalue weighted by molar-refractivity contribution is 0.0927. The first-order valence-corrected chi connectivity index (χ1v) is 9.79. The Morgan fingerprint density at radius 2 is 1.74 bits per heavy atom. The number of nitrogens with one attached hydrogen (secondary N) is 3. The number of amides is 1. The van der Waals surface area contributed by atoms with Gasteiger partial charge in [-0.05, 0) is 36.4 Å². The summed E-state index contributed by atoms with van der Waals surface area (Å²) in [5, 5.41) is 15.6. The lowest BCUT2D eigenvalue weighted by Gasteiger charge is -2.14. The molecular formula is C18H22ClN3O4S. The van der Waals surface area contributed by atoms with Crippen LogP contribution in [0.3, 0.4) is 0 Å². The van der Waals surface area contributed by atoms with E-state index < -0.39 is 16.1 Å². The molecule has 27 heavy (non-hydrogen) atoms. The highest BCUT2D eigenvalue weighted by Crippen LogP contribution is 2.16. The van der Waals surface area contributed by atoms with Gasteiger partial charge in [-0.1, -0.05) is 18.2 Å². The number of halogens is 1. The van der Waals surface area contributed by atoms with Crippen LogP contribution in [0, 0.1) is 5.92 Å². The minimum atomic E-state index is -3.71. The van der Waals surface area contributed by atoms with Gasteiger partial charge in [0.1, 0.15) is 0 Å². The standard InChI is InChI=1S/C18H21N3O4S.ClH/c22-17-12-19-10-14(17)11-20-18(23)13-6-8-16(9-7-13)26(24,25)21-15-4-2-1-3-5-15;/h1-9,14,17,19,21-22H,10-12H2,(H,20,23);1H. The summed E-state index contributed by atoms with van der Waals surface area (Å²) in [4.78, 5) is 12.3. The quantitative estimate of drug-likeness (QED) is 0.571. The topological polar surface area (TPSA) is 108 Å². The van der Waals surface area contributed by atoms with Crippen molar-refractivity contribution in [3.05, 3.63) is 60.2 Å². The van der Waals surface area contributed by atoms with Crippen molar-refractivity contribution in [1.82, 2.24) is 10.6 Å². The fourth-order valence-corrected chi connectivity index (χ4v) is 3.82. The van der Waals surface area contributed by atoms with Crippen LogP contribution in [-0.4, -0.2) is 45.2 Å². The average Bonchev–Trinajstić information content (AvgIpc) is 3.05. The zero-order valence-electron chi connectivity index (χ0n) is 14.5. The van der Waals surface area contributed by atoms with Gasteiger partial charge in [0, 0.05) is 36.8 Å². The molecular weight excluding hydrogens is 390 g/mol. The van der Waals surface area contributed by atoms with Crippen molar-refractivity contribution in [2.45, 2.75) is 11.0 Å².